The topological polar surface area (TPSA) is 46.5 Å². The molecule has 0 heterocycles. The molecule has 0 radical (unpaired) electrons. The van der Waals surface area contributed by atoms with Crippen molar-refractivity contribution in [3.8, 4) is 0 Å². The number of aliphatic carboxylic acids is 1. The molecular weight excluding hydrogens is 192 g/mol. The van der Waals surface area contributed by atoms with Crippen molar-refractivity contribution in [2.45, 2.75) is 51.6 Å². The zero-order valence-electron chi connectivity index (χ0n) is 9.74. The van der Waals surface area contributed by atoms with E-state index in [9.17, 15) is 4.79 Å². The van der Waals surface area contributed by atoms with Crippen molar-refractivity contribution in [1.29, 1.82) is 0 Å². The van der Waals surface area contributed by atoms with Gasteiger partial charge in [-0.2, -0.15) is 0 Å². The molecule has 0 amide bonds. The van der Waals surface area contributed by atoms with Crippen LogP contribution in [0.25, 0.3) is 0 Å². The van der Waals surface area contributed by atoms with Crippen molar-refractivity contribution in [3.63, 3.8) is 0 Å². The first kappa shape index (κ1) is 14.2. The molecule has 0 saturated carbocycles. The summed E-state index contributed by atoms with van der Waals surface area (Å²) in [5.41, 5.74) is 0. The van der Waals surface area contributed by atoms with E-state index in [1.54, 1.807) is 0 Å². The number of carboxylic acids is 1. The second-order valence-electron chi connectivity index (χ2n) is 3.61. The minimum atomic E-state index is -0.868. The average Bonchev–Trinajstić information content (AvgIpc) is 2.21. The monoisotopic (exact) mass is 214 g/mol. The average molecular weight is 214 g/mol. The number of rotatable bonds is 9. The van der Waals surface area contributed by atoms with Gasteiger partial charge < -0.3 is 9.84 Å². The molecule has 0 bridgehead atoms. The van der Waals surface area contributed by atoms with E-state index < -0.39 is 12.1 Å². The number of hydrogen-bond acceptors (Lipinski definition) is 2. The standard InChI is InChI=1S/C12H22O3/c1-3-4-5-6-7-8-9-10-11(15-2)12(13)14/h6-7,11H,3-5,8-10H2,1-2H3,(H,13,14)/b7-6+/t11-/m1/s1. The molecule has 0 aliphatic carbocycles. The smallest absolute Gasteiger partial charge is 0.332 e. The number of ether oxygens (including phenoxy) is 1. The SMILES string of the molecule is CCCC/C=C/CCC[C@@H](OC)C(=O)O. The van der Waals surface area contributed by atoms with Crippen LogP contribution in [0.15, 0.2) is 12.2 Å². The fourth-order valence-corrected chi connectivity index (χ4v) is 1.32. The summed E-state index contributed by atoms with van der Waals surface area (Å²) in [5, 5.41) is 8.70. The van der Waals surface area contributed by atoms with Gasteiger partial charge >= 0.3 is 5.97 Å². The van der Waals surface area contributed by atoms with Crippen molar-refractivity contribution < 1.29 is 14.6 Å². The molecule has 0 aromatic carbocycles. The van der Waals surface area contributed by atoms with Gasteiger partial charge in [0.15, 0.2) is 6.10 Å². The van der Waals surface area contributed by atoms with E-state index in [0.717, 1.165) is 19.3 Å². The van der Waals surface area contributed by atoms with Crippen LogP contribution in [0.2, 0.25) is 0 Å². The van der Waals surface area contributed by atoms with Crippen molar-refractivity contribution in [2.75, 3.05) is 7.11 Å². The van der Waals surface area contributed by atoms with Crippen LogP contribution in [-0.4, -0.2) is 24.3 Å². The van der Waals surface area contributed by atoms with Gasteiger partial charge in [-0.25, -0.2) is 4.79 Å². The maximum Gasteiger partial charge on any atom is 0.332 e. The lowest BCUT2D eigenvalue weighted by Crippen LogP contribution is -2.21. The lowest BCUT2D eigenvalue weighted by atomic mass is 10.1. The van der Waals surface area contributed by atoms with Gasteiger partial charge in [0.2, 0.25) is 0 Å². The molecule has 3 nitrogen and oxygen atoms in total. The lowest BCUT2D eigenvalue weighted by molar-refractivity contribution is -0.148. The van der Waals surface area contributed by atoms with Crippen LogP contribution in [-0.2, 0) is 9.53 Å². The van der Waals surface area contributed by atoms with Gasteiger partial charge in [-0.3, -0.25) is 0 Å². The second-order valence-corrected chi connectivity index (χ2v) is 3.61. The van der Waals surface area contributed by atoms with Gasteiger partial charge in [0.1, 0.15) is 0 Å². The van der Waals surface area contributed by atoms with Gasteiger partial charge in [-0.15, -0.1) is 0 Å². The Morgan fingerprint density at radius 2 is 1.93 bits per heavy atom. The maximum atomic E-state index is 10.6. The highest BCUT2D eigenvalue weighted by Gasteiger charge is 2.14. The van der Waals surface area contributed by atoms with E-state index in [1.165, 1.54) is 20.0 Å². The van der Waals surface area contributed by atoms with Gasteiger partial charge in [0.25, 0.3) is 0 Å². The van der Waals surface area contributed by atoms with Gasteiger partial charge in [-0.05, 0) is 25.7 Å². The summed E-state index contributed by atoms with van der Waals surface area (Å²) in [7, 11) is 1.44. The number of carbonyl (C=O) groups is 1. The van der Waals surface area contributed by atoms with Crippen LogP contribution in [0.3, 0.4) is 0 Å². The minimum absolute atomic E-state index is 0.587. The summed E-state index contributed by atoms with van der Waals surface area (Å²) in [6, 6.07) is 0. The van der Waals surface area contributed by atoms with Crippen LogP contribution >= 0.6 is 0 Å². The van der Waals surface area contributed by atoms with Crippen LogP contribution in [0.4, 0.5) is 0 Å². The van der Waals surface area contributed by atoms with Crippen molar-refractivity contribution in [3.05, 3.63) is 12.2 Å². The molecule has 0 aromatic heterocycles. The van der Waals surface area contributed by atoms with E-state index in [0.29, 0.717) is 6.42 Å². The molecule has 0 aliphatic rings. The molecule has 1 atom stereocenters. The third-order valence-electron chi connectivity index (χ3n) is 2.29. The summed E-state index contributed by atoms with van der Waals surface area (Å²) in [6.07, 6.45) is 9.63. The lowest BCUT2D eigenvalue weighted by Gasteiger charge is -2.08. The van der Waals surface area contributed by atoms with E-state index in [4.69, 9.17) is 9.84 Å². The number of carboxylic acid groups (broad SMARTS) is 1. The molecular formula is C12H22O3. The normalized spacial score (nSPS) is 13.2. The number of methoxy groups -OCH3 is 1. The van der Waals surface area contributed by atoms with Crippen LogP contribution in [0.5, 0.6) is 0 Å². The molecule has 0 saturated heterocycles. The Labute approximate surface area is 92.1 Å². The summed E-state index contributed by atoms with van der Waals surface area (Å²) < 4.78 is 4.83. The summed E-state index contributed by atoms with van der Waals surface area (Å²) in [6.45, 7) is 2.17. The Balaban J connectivity index is 3.44. The van der Waals surface area contributed by atoms with Gasteiger partial charge in [-0.1, -0.05) is 31.9 Å². The number of allylic oxidation sites excluding steroid dienone is 2. The molecule has 0 rings (SSSR count). The van der Waals surface area contributed by atoms with Crippen LogP contribution < -0.4 is 0 Å². The van der Waals surface area contributed by atoms with Crippen molar-refractivity contribution in [2.24, 2.45) is 0 Å². The van der Waals surface area contributed by atoms with Crippen LogP contribution in [0.1, 0.15) is 45.4 Å². The fourth-order valence-electron chi connectivity index (χ4n) is 1.32. The molecule has 1 N–H and O–H groups in total. The molecule has 0 aliphatic heterocycles. The number of hydrogen-bond donors (Lipinski definition) is 1. The largest absolute Gasteiger partial charge is 0.479 e. The molecule has 0 spiro atoms. The highest BCUT2D eigenvalue weighted by molar-refractivity contribution is 5.72. The van der Waals surface area contributed by atoms with E-state index in [-0.39, 0.29) is 0 Å². The van der Waals surface area contributed by atoms with Crippen molar-refractivity contribution >= 4 is 5.97 Å². The predicted octanol–water partition coefficient (Wildman–Crippen LogP) is 3.00. The summed E-state index contributed by atoms with van der Waals surface area (Å²) in [4.78, 5) is 10.6. The van der Waals surface area contributed by atoms with E-state index in [1.807, 2.05) is 0 Å². The Morgan fingerprint density at radius 3 is 2.40 bits per heavy atom. The predicted molar refractivity (Wildman–Crippen MR) is 60.9 cm³/mol. The number of unbranched alkanes of at least 4 members (excludes halogenated alkanes) is 3. The maximum absolute atomic E-state index is 10.6. The zero-order chi connectivity index (χ0) is 11.5. The summed E-state index contributed by atoms with van der Waals surface area (Å²) >= 11 is 0. The Morgan fingerprint density at radius 1 is 1.33 bits per heavy atom. The zero-order valence-corrected chi connectivity index (χ0v) is 9.74. The third kappa shape index (κ3) is 8.18. The first-order chi connectivity index (χ1) is 7.22. The quantitative estimate of drug-likeness (QED) is 0.474. The highest BCUT2D eigenvalue weighted by atomic mass is 16.5. The first-order valence-electron chi connectivity index (χ1n) is 5.63. The second kappa shape index (κ2) is 9.71. The molecule has 88 valence electrons. The first-order valence-corrected chi connectivity index (χ1v) is 5.63. The Hall–Kier alpha value is -0.830. The fraction of sp³-hybridized carbons (Fsp3) is 0.750. The van der Waals surface area contributed by atoms with Crippen molar-refractivity contribution in [1.82, 2.24) is 0 Å². The minimum Gasteiger partial charge on any atom is -0.479 e. The third-order valence-corrected chi connectivity index (χ3v) is 2.29. The van der Waals surface area contributed by atoms with E-state index in [2.05, 4.69) is 19.1 Å². The van der Waals surface area contributed by atoms with E-state index >= 15 is 0 Å². The molecule has 0 unspecified atom stereocenters. The molecule has 3 heteroatoms. The molecule has 0 aromatic rings. The molecule has 15 heavy (non-hydrogen) atoms. The summed E-state index contributed by atoms with van der Waals surface area (Å²) in [5.74, 6) is -0.868. The Bertz CT molecular complexity index is 187. The Kier molecular flexibility index (Phi) is 9.18. The highest BCUT2D eigenvalue weighted by Crippen LogP contribution is 2.06. The van der Waals surface area contributed by atoms with Gasteiger partial charge in [0.05, 0.1) is 0 Å². The molecule has 0 fully saturated rings. The van der Waals surface area contributed by atoms with Crippen LogP contribution in [0, 0.1) is 0 Å². The van der Waals surface area contributed by atoms with Gasteiger partial charge in [0, 0.05) is 7.11 Å².